The van der Waals surface area contributed by atoms with Gasteiger partial charge in [0.15, 0.2) is 0 Å². The third-order valence-electron chi connectivity index (χ3n) is 2.44. The fourth-order valence-electron chi connectivity index (χ4n) is 1.63. The maximum absolute atomic E-state index is 12.1. The van der Waals surface area contributed by atoms with Gasteiger partial charge in [0.05, 0.1) is 4.90 Å². The molecule has 0 saturated carbocycles. The topological polar surface area (TPSA) is 37.4 Å². The van der Waals surface area contributed by atoms with Crippen molar-refractivity contribution in [2.24, 2.45) is 0 Å². The van der Waals surface area contributed by atoms with Crippen LogP contribution in [0.4, 0.5) is 0 Å². The first-order chi connectivity index (χ1) is 7.66. The van der Waals surface area contributed by atoms with E-state index in [0.717, 1.165) is 5.56 Å². The minimum atomic E-state index is -3.37. The Bertz CT molecular complexity index is 510. The monoisotopic (exact) mass is 257 g/mol. The molecule has 2 rings (SSSR count). The number of rotatable bonds is 3. The summed E-state index contributed by atoms with van der Waals surface area (Å²) in [6, 6.07) is 6.98. The molecule has 0 N–H and O–H groups in total. The summed E-state index contributed by atoms with van der Waals surface area (Å²) >= 11 is 5.57. The molecule has 0 saturated heterocycles. The highest BCUT2D eigenvalue weighted by molar-refractivity contribution is 7.89. The number of fused-ring (bicyclic) bond motifs is 1. The van der Waals surface area contributed by atoms with Crippen LogP contribution in [-0.4, -0.2) is 25.1 Å². The molecule has 86 valence electrons. The van der Waals surface area contributed by atoms with E-state index in [1.165, 1.54) is 4.31 Å². The van der Waals surface area contributed by atoms with Crippen molar-refractivity contribution in [2.75, 3.05) is 12.4 Å². The molecule has 0 aromatic heterocycles. The molecule has 1 heterocycles. The lowest BCUT2D eigenvalue weighted by Crippen LogP contribution is -2.29. The van der Waals surface area contributed by atoms with Crippen LogP contribution in [0.3, 0.4) is 0 Å². The van der Waals surface area contributed by atoms with Gasteiger partial charge in [0.1, 0.15) is 0 Å². The van der Waals surface area contributed by atoms with Crippen LogP contribution in [0.1, 0.15) is 12.0 Å². The lowest BCUT2D eigenvalue weighted by Gasteiger charge is -2.24. The smallest absolute Gasteiger partial charge is 0.264 e. The maximum atomic E-state index is 12.1. The van der Waals surface area contributed by atoms with E-state index in [4.69, 9.17) is 11.6 Å². The van der Waals surface area contributed by atoms with Crippen molar-refractivity contribution in [3.05, 3.63) is 36.0 Å². The van der Waals surface area contributed by atoms with Gasteiger partial charge in [-0.25, -0.2) is 8.42 Å². The summed E-state index contributed by atoms with van der Waals surface area (Å²) in [5.74, 6) is 0.460. The van der Waals surface area contributed by atoms with Gasteiger partial charge in [-0.05, 0) is 24.1 Å². The molecule has 0 radical (unpaired) electrons. The van der Waals surface area contributed by atoms with Gasteiger partial charge < -0.3 is 0 Å². The Morgan fingerprint density at radius 3 is 2.75 bits per heavy atom. The van der Waals surface area contributed by atoms with Gasteiger partial charge in [0.2, 0.25) is 0 Å². The normalized spacial score (nSPS) is 17.2. The van der Waals surface area contributed by atoms with E-state index < -0.39 is 10.0 Å². The summed E-state index contributed by atoms with van der Waals surface area (Å²) in [7, 11) is -3.37. The molecular weight excluding hydrogens is 246 g/mol. The van der Waals surface area contributed by atoms with Gasteiger partial charge in [-0.1, -0.05) is 18.2 Å². The van der Waals surface area contributed by atoms with Crippen LogP contribution in [0.15, 0.2) is 35.4 Å². The number of sulfonamides is 1. The van der Waals surface area contributed by atoms with Gasteiger partial charge in [0.25, 0.3) is 10.0 Å². The van der Waals surface area contributed by atoms with Gasteiger partial charge in [0, 0.05) is 18.6 Å². The van der Waals surface area contributed by atoms with Crippen LogP contribution < -0.4 is 0 Å². The fraction of sp³-hybridized carbons (Fsp3) is 0.273. The predicted molar refractivity (Wildman–Crippen MR) is 64.7 cm³/mol. The average molecular weight is 258 g/mol. The molecule has 1 aliphatic rings. The summed E-state index contributed by atoms with van der Waals surface area (Å²) in [6.45, 7) is 0.427. The molecule has 0 atom stereocenters. The number of benzene rings is 1. The molecule has 3 nitrogen and oxygen atoms in total. The summed E-state index contributed by atoms with van der Waals surface area (Å²) in [6.07, 6.45) is 4.06. The van der Waals surface area contributed by atoms with E-state index in [0.29, 0.717) is 23.7 Å². The summed E-state index contributed by atoms with van der Waals surface area (Å²) in [5.41, 5.74) is 0.740. The predicted octanol–water partition coefficient (Wildman–Crippen LogP) is 2.29. The van der Waals surface area contributed by atoms with Crippen LogP contribution in [0, 0.1) is 0 Å². The second-order valence-electron chi connectivity index (χ2n) is 3.51. The highest BCUT2D eigenvalue weighted by Crippen LogP contribution is 2.26. The second-order valence-corrected chi connectivity index (χ2v) is 5.75. The molecule has 0 spiro atoms. The zero-order valence-electron chi connectivity index (χ0n) is 8.64. The fourth-order valence-corrected chi connectivity index (χ4v) is 3.28. The molecule has 0 unspecified atom stereocenters. The number of halogens is 1. The molecule has 1 aromatic rings. The third-order valence-corrected chi connectivity index (χ3v) is 4.55. The number of nitrogens with zero attached hydrogens (tertiary/aromatic N) is 1. The van der Waals surface area contributed by atoms with Crippen LogP contribution in [0.2, 0.25) is 0 Å². The summed E-state index contributed by atoms with van der Waals surface area (Å²) in [5, 5.41) is 0. The van der Waals surface area contributed by atoms with Crippen LogP contribution in [-0.2, 0) is 10.0 Å². The Kier molecular flexibility index (Phi) is 3.21. The highest BCUT2D eigenvalue weighted by Gasteiger charge is 2.26. The van der Waals surface area contributed by atoms with Gasteiger partial charge in [-0.3, -0.25) is 4.31 Å². The maximum Gasteiger partial charge on any atom is 0.264 e. The lowest BCUT2D eigenvalue weighted by molar-refractivity contribution is 0.495. The van der Waals surface area contributed by atoms with E-state index in [-0.39, 0.29) is 0 Å². The lowest BCUT2D eigenvalue weighted by atomic mass is 10.2. The Labute approximate surface area is 100 Å². The quantitative estimate of drug-likeness (QED) is 0.779. The molecule has 0 amide bonds. The first-order valence-corrected chi connectivity index (χ1v) is 6.99. The minimum absolute atomic E-state index is 0.368. The van der Waals surface area contributed by atoms with E-state index in [2.05, 4.69) is 0 Å². The Hall–Kier alpha value is -1.00. The van der Waals surface area contributed by atoms with Crippen molar-refractivity contribution in [2.45, 2.75) is 11.3 Å². The second kappa shape index (κ2) is 4.47. The molecule has 0 bridgehead atoms. The third kappa shape index (κ3) is 1.95. The van der Waals surface area contributed by atoms with Crippen molar-refractivity contribution in [1.29, 1.82) is 0 Å². The van der Waals surface area contributed by atoms with Crippen molar-refractivity contribution < 1.29 is 8.42 Å². The Morgan fingerprint density at radius 1 is 1.25 bits per heavy atom. The highest BCUT2D eigenvalue weighted by atomic mass is 35.5. The SMILES string of the molecule is O=S1(=O)c2ccccc2C=CN1CCCCl. The molecule has 0 fully saturated rings. The first kappa shape index (κ1) is 11.5. The van der Waals surface area contributed by atoms with E-state index >= 15 is 0 Å². The molecular formula is C11H12ClNO2S. The molecule has 1 aliphatic heterocycles. The zero-order chi connectivity index (χ0) is 11.6. The Balaban J connectivity index is 2.39. The van der Waals surface area contributed by atoms with E-state index in [9.17, 15) is 8.42 Å². The molecule has 0 aliphatic carbocycles. The average Bonchev–Trinajstić information content (AvgIpc) is 2.28. The van der Waals surface area contributed by atoms with E-state index in [1.807, 2.05) is 12.1 Å². The summed E-state index contributed by atoms with van der Waals surface area (Å²) < 4.78 is 25.6. The van der Waals surface area contributed by atoms with Crippen LogP contribution >= 0.6 is 11.6 Å². The summed E-state index contributed by atoms with van der Waals surface area (Å²) in [4.78, 5) is 0.368. The number of hydrogen-bond acceptors (Lipinski definition) is 2. The number of hydrogen-bond donors (Lipinski definition) is 0. The Morgan fingerprint density at radius 2 is 2.00 bits per heavy atom. The standard InChI is InChI=1S/C11H12ClNO2S/c12-7-3-8-13-9-6-10-4-1-2-5-11(10)16(13,14)15/h1-2,4-6,9H,3,7-8H2. The van der Waals surface area contributed by atoms with Crippen LogP contribution in [0.5, 0.6) is 0 Å². The van der Waals surface area contributed by atoms with Gasteiger partial charge >= 0.3 is 0 Å². The zero-order valence-corrected chi connectivity index (χ0v) is 10.2. The first-order valence-electron chi connectivity index (χ1n) is 5.01. The van der Waals surface area contributed by atoms with Crippen molar-refractivity contribution >= 4 is 27.7 Å². The van der Waals surface area contributed by atoms with Crippen molar-refractivity contribution in [3.8, 4) is 0 Å². The van der Waals surface area contributed by atoms with Gasteiger partial charge in [-0.2, -0.15) is 0 Å². The largest absolute Gasteiger partial charge is 0.273 e. The number of alkyl halides is 1. The van der Waals surface area contributed by atoms with Gasteiger partial charge in [-0.15, -0.1) is 11.6 Å². The molecule has 16 heavy (non-hydrogen) atoms. The minimum Gasteiger partial charge on any atom is -0.273 e. The molecule has 5 heteroatoms. The van der Waals surface area contributed by atoms with E-state index in [1.54, 1.807) is 24.4 Å². The molecule has 1 aromatic carbocycles. The van der Waals surface area contributed by atoms with Crippen LogP contribution in [0.25, 0.3) is 6.08 Å². The van der Waals surface area contributed by atoms with Crippen molar-refractivity contribution in [3.63, 3.8) is 0 Å². The van der Waals surface area contributed by atoms with Crippen molar-refractivity contribution in [1.82, 2.24) is 4.31 Å².